The van der Waals surface area contributed by atoms with Gasteiger partial charge in [-0.3, -0.25) is 0 Å². The number of aromatic hydroxyl groups is 1. The Hall–Kier alpha value is -2.47. The fraction of sp³-hybridized carbons (Fsp3) is 0.0714. The lowest BCUT2D eigenvalue weighted by atomic mass is 10.1. The largest absolute Gasteiger partial charge is 0.508 e. The molecule has 0 radical (unpaired) electrons. The highest BCUT2D eigenvalue weighted by molar-refractivity contribution is 5.64. The van der Waals surface area contributed by atoms with E-state index in [-0.39, 0.29) is 12.4 Å². The quantitative estimate of drug-likeness (QED) is 0.873. The Kier molecular flexibility index (Phi) is 3.27. The van der Waals surface area contributed by atoms with Gasteiger partial charge in [0.25, 0.3) is 0 Å². The summed E-state index contributed by atoms with van der Waals surface area (Å²) in [6.45, 7) is 0.0541. The van der Waals surface area contributed by atoms with Crippen LogP contribution in [0.25, 0.3) is 11.1 Å². The van der Waals surface area contributed by atoms with Crippen LogP contribution in [0.5, 0.6) is 11.5 Å². The Morgan fingerprint density at radius 3 is 2.00 bits per heavy atom. The van der Waals surface area contributed by atoms with E-state index in [0.29, 0.717) is 5.75 Å². The molecule has 84 valence electrons. The van der Waals surface area contributed by atoms with Gasteiger partial charge >= 0.3 is 0 Å². The SMILES string of the molecule is N#CCOc1ccc(-c2ccc(O)cc2)cc1. The lowest BCUT2D eigenvalue weighted by molar-refractivity contribution is 0.368. The van der Waals surface area contributed by atoms with Crippen molar-refractivity contribution in [3.8, 4) is 28.7 Å². The number of hydrogen-bond donors (Lipinski definition) is 1. The van der Waals surface area contributed by atoms with Crippen LogP contribution in [0.2, 0.25) is 0 Å². The number of nitriles is 1. The Labute approximate surface area is 99.5 Å². The number of benzene rings is 2. The number of phenolic OH excluding ortho intramolecular Hbond substituents is 1. The maximum absolute atomic E-state index is 9.19. The van der Waals surface area contributed by atoms with Crippen LogP contribution in [-0.2, 0) is 0 Å². The molecule has 1 N–H and O–H groups in total. The predicted octanol–water partition coefficient (Wildman–Crippen LogP) is 2.96. The van der Waals surface area contributed by atoms with Crippen LogP contribution in [0.4, 0.5) is 0 Å². The highest BCUT2D eigenvalue weighted by Gasteiger charge is 1.98. The summed E-state index contributed by atoms with van der Waals surface area (Å²) in [6, 6.07) is 16.4. The summed E-state index contributed by atoms with van der Waals surface area (Å²) < 4.78 is 5.16. The maximum atomic E-state index is 9.19. The van der Waals surface area contributed by atoms with Gasteiger partial charge in [-0.05, 0) is 35.4 Å². The van der Waals surface area contributed by atoms with Crippen molar-refractivity contribution in [2.45, 2.75) is 0 Å². The van der Waals surface area contributed by atoms with Crippen molar-refractivity contribution < 1.29 is 9.84 Å². The standard InChI is InChI=1S/C14H11NO2/c15-9-10-17-14-7-3-12(4-8-14)11-1-5-13(16)6-2-11/h1-8,16H,10H2. The molecule has 0 saturated carbocycles. The molecule has 0 amide bonds. The maximum Gasteiger partial charge on any atom is 0.174 e. The van der Waals surface area contributed by atoms with Crippen LogP contribution in [0, 0.1) is 11.3 Å². The number of ether oxygens (including phenoxy) is 1. The molecule has 17 heavy (non-hydrogen) atoms. The average molecular weight is 225 g/mol. The lowest BCUT2D eigenvalue weighted by Crippen LogP contribution is -1.92. The monoisotopic (exact) mass is 225 g/mol. The summed E-state index contributed by atoms with van der Waals surface area (Å²) in [7, 11) is 0. The van der Waals surface area contributed by atoms with E-state index in [1.807, 2.05) is 42.5 Å². The Balaban J connectivity index is 2.18. The molecule has 2 aromatic rings. The Morgan fingerprint density at radius 2 is 1.47 bits per heavy atom. The van der Waals surface area contributed by atoms with Crippen molar-refractivity contribution in [3.63, 3.8) is 0 Å². The second kappa shape index (κ2) is 5.04. The fourth-order valence-corrected chi connectivity index (χ4v) is 1.51. The molecule has 0 heterocycles. The van der Waals surface area contributed by atoms with Gasteiger partial charge in [-0.25, -0.2) is 0 Å². The zero-order valence-corrected chi connectivity index (χ0v) is 9.13. The summed E-state index contributed by atoms with van der Waals surface area (Å²) >= 11 is 0. The Morgan fingerprint density at radius 1 is 0.941 bits per heavy atom. The second-order valence-electron chi connectivity index (χ2n) is 3.52. The first-order valence-corrected chi connectivity index (χ1v) is 5.19. The van der Waals surface area contributed by atoms with Crippen molar-refractivity contribution in [1.82, 2.24) is 0 Å². The molecule has 0 aliphatic carbocycles. The molecule has 2 rings (SSSR count). The van der Waals surface area contributed by atoms with Gasteiger partial charge in [-0.1, -0.05) is 24.3 Å². The van der Waals surface area contributed by atoms with Crippen molar-refractivity contribution in [3.05, 3.63) is 48.5 Å². The van der Waals surface area contributed by atoms with Gasteiger partial charge in [0.2, 0.25) is 0 Å². The van der Waals surface area contributed by atoms with Crippen LogP contribution in [-0.4, -0.2) is 11.7 Å². The molecular weight excluding hydrogens is 214 g/mol. The first-order valence-electron chi connectivity index (χ1n) is 5.19. The van der Waals surface area contributed by atoms with E-state index in [1.165, 1.54) is 0 Å². The molecule has 0 aromatic heterocycles. The molecule has 0 unspecified atom stereocenters. The molecular formula is C14H11NO2. The smallest absolute Gasteiger partial charge is 0.174 e. The van der Waals surface area contributed by atoms with Gasteiger partial charge in [-0.2, -0.15) is 5.26 Å². The summed E-state index contributed by atoms with van der Waals surface area (Å²) in [6.07, 6.45) is 0. The van der Waals surface area contributed by atoms with Crippen LogP contribution in [0.15, 0.2) is 48.5 Å². The van der Waals surface area contributed by atoms with E-state index in [4.69, 9.17) is 10.00 Å². The zero-order chi connectivity index (χ0) is 12.1. The van der Waals surface area contributed by atoms with E-state index in [9.17, 15) is 5.11 Å². The molecule has 0 bridgehead atoms. The minimum Gasteiger partial charge on any atom is -0.508 e. The molecule has 0 aliphatic rings. The minimum absolute atomic E-state index is 0.0541. The van der Waals surface area contributed by atoms with E-state index < -0.39 is 0 Å². The van der Waals surface area contributed by atoms with Gasteiger partial charge in [-0.15, -0.1) is 0 Å². The molecule has 3 nitrogen and oxygen atoms in total. The van der Waals surface area contributed by atoms with Crippen LogP contribution < -0.4 is 4.74 Å². The van der Waals surface area contributed by atoms with E-state index in [1.54, 1.807) is 12.1 Å². The highest BCUT2D eigenvalue weighted by atomic mass is 16.5. The molecule has 0 fully saturated rings. The fourth-order valence-electron chi connectivity index (χ4n) is 1.51. The van der Waals surface area contributed by atoms with Gasteiger partial charge in [0.1, 0.15) is 17.6 Å². The lowest BCUT2D eigenvalue weighted by Gasteiger charge is -2.04. The van der Waals surface area contributed by atoms with Crippen LogP contribution >= 0.6 is 0 Å². The topological polar surface area (TPSA) is 53.2 Å². The summed E-state index contributed by atoms with van der Waals surface area (Å²) in [5, 5.41) is 17.6. The first kappa shape index (κ1) is 11.0. The van der Waals surface area contributed by atoms with Crippen LogP contribution in [0.1, 0.15) is 0 Å². The predicted molar refractivity (Wildman–Crippen MR) is 64.7 cm³/mol. The first-order chi connectivity index (χ1) is 8.29. The number of rotatable bonds is 3. The minimum atomic E-state index is 0.0541. The van der Waals surface area contributed by atoms with Gasteiger partial charge in [0, 0.05) is 0 Å². The second-order valence-corrected chi connectivity index (χ2v) is 3.52. The summed E-state index contributed by atoms with van der Waals surface area (Å²) in [5.41, 5.74) is 2.06. The number of phenols is 1. The molecule has 3 heteroatoms. The zero-order valence-electron chi connectivity index (χ0n) is 9.13. The molecule has 0 atom stereocenters. The van der Waals surface area contributed by atoms with E-state index in [0.717, 1.165) is 11.1 Å². The normalized spacial score (nSPS) is 9.59. The third-order valence-electron chi connectivity index (χ3n) is 2.36. The van der Waals surface area contributed by atoms with Gasteiger partial charge in [0.05, 0.1) is 0 Å². The van der Waals surface area contributed by atoms with Crippen LogP contribution in [0.3, 0.4) is 0 Å². The van der Waals surface area contributed by atoms with Crippen molar-refractivity contribution in [2.75, 3.05) is 6.61 Å². The van der Waals surface area contributed by atoms with Gasteiger partial charge < -0.3 is 9.84 Å². The van der Waals surface area contributed by atoms with E-state index in [2.05, 4.69) is 0 Å². The molecule has 2 aromatic carbocycles. The number of hydrogen-bond acceptors (Lipinski definition) is 3. The summed E-state index contributed by atoms with van der Waals surface area (Å²) in [4.78, 5) is 0. The number of nitrogens with zero attached hydrogens (tertiary/aromatic N) is 1. The highest BCUT2D eigenvalue weighted by Crippen LogP contribution is 2.24. The molecule has 0 saturated heterocycles. The summed E-state index contributed by atoms with van der Waals surface area (Å²) in [5.74, 6) is 0.928. The van der Waals surface area contributed by atoms with Gasteiger partial charge in [0.15, 0.2) is 6.61 Å². The van der Waals surface area contributed by atoms with Crippen molar-refractivity contribution >= 4 is 0 Å². The van der Waals surface area contributed by atoms with E-state index >= 15 is 0 Å². The third kappa shape index (κ3) is 2.76. The molecule has 0 spiro atoms. The van der Waals surface area contributed by atoms with Crippen molar-refractivity contribution in [1.29, 1.82) is 5.26 Å². The average Bonchev–Trinajstić information content (AvgIpc) is 2.38. The molecule has 0 aliphatic heterocycles. The van der Waals surface area contributed by atoms with Crippen molar-refractivity contribution in [2.24, 2.45) is 0 Å². The Bertz CT molecular complexity index is 524. The third-order valence-corrected chi connectivity index (χ3v) is 2.36.